The van der Waals surface area contributed by atoms with E-state index in [9.17, 15) is 22.8 Å². The van der Waals surface area contributed by atoms with Gasteiger partial charge in [0.25, 0.3) is 11.5 Å². The smallest absolute Gasteiger partial charge is 0.377 e. The minimum atomic E-state index is -4.60. The quantitative estimate of drug-likeness (QED) is 0.622. The minimum absolute atomic E-state index is 0.0420. The number of amides is 1. The van der Waals surface area contributed by atoms with Gasteiger partial charge in [-0.25, -0.2) is 5.10 Å². The van der Waals surface area contributed by atoms with Crippen LogP contribution < -0.4 is 10.5 Å². The van der Waals surface area contributed by atoms with E-state index >= 15 is 0 Å². The summed E-state index contributed by atoms with van der Waals surface area (Å²) in [5, 5.41) is 13.6. The fourth-order valence-electron chi connectivity index (χ4n) is 4.00. The Kier molecular flexibility index (Phi) is 5.92. The van der Waals surface area contributed by atoms with Gasteiger partial charge in [-0.1, -0.05) is 6.07 Å². The number of benzene rings is 1. The Bertz CT molecular complexity index is 1310. The molecule has 2 aromatic heterocycles. The number of H-pyrrole nitrogens is 1. The van der Waals surface area contributed by atoms with E-state index in [1.165, 1.54) is 4.90 Å². The maximum Gasteiger partial charge on any atom is 0.451 e. The van der Waals surface area contributed by atoms with E-state index in [1.54, 1.807) is 17.9 Å². The predicted molar refractivity (Wildman–Crippen MR) is 118 cm³/mol. The van der Waals surface area contributed by atoms with Crippen molar-refractivity contribution in [2.75, 3.05) is 25.5 Å². The van der Waals surface area contributed by atoms with Gasteiger partial charge in [0, 0.05) is 44.9 Å². The highest BCUT2D eigenvalue weighted by molar-refractivity contribution is 6.00. The first-order valence-corrected chi connectivity index (χ1v) is 10.6. The summed E-state index contributed by atoms with van der Waals surface area (Å²) in [7, 11) is 3.62. The molecule has 1 N–H and O–H groups in total. The van der Waals surface area contributed by atoms with Crippen molar-refractivity contribution in [2.24, 2.45) is 0 Å². The number of aromatic amines is 1. The van der Waals surface area contributed by atoms with E-state index in [4.69, 9.17) is 0 Å². The fourth-order valence-corrected chi connectivity index (χ4v) is 4.00. The van der Waals surface area contributed by atoms with Gasteiger partial charge in [0.2, 0.25) is 5.82 Å². The number of nitrogens with one attached hydrogen (secondary N) is 1. The molecule has 9 nitrogen and oxygen atoms in total. The fraction of sp³-hybridized carbons (Fsp3) is 0.409. The van der Waals surface area contributed by atoms with Crippen molar-refractivity contribution >= 4 is 11.6 Å². The molecule has 0 saturated heterocycles. The number of hydrogen-bond acceptors (Lipinski definition) is 6. The number of nitrogens with zero attached hydrogens (tertiary/aromatic N) is 6. The van der Waals surface area contributed by atoms with Gasteiger partial charge >= 0.3 is 6.18 Å². The van der Waals surface area contributed by atoms with Crippen LogP contribution in [0.15, 0.2) is 23.0 Å². The number of carbonyl (C=O) groups is 1. The van der Waals surface area contributed by atoms with E-state index in [2.05, 4.69) is 20.4 Å². The summed E-state index contributed by atoms with van der Waals surface area (Å²) < 4.78 is 40.4. The van der Waals surface area contributed by atoms with Crippen molar-refractivity contribution < 1.29 is 18.0 Å². The highest BCUT2D eigenvalue weighted by Gasteiger charge is 2.40. The first kappa shape index (κ1) is 23.5. The number of rotatable bonds is 4. The van der Waals surface area contributed by atoms with Crippen molar-refractivity contribution in [1.82, 2.24) is 29.9 Å². The van der Waals surface area contributed by atoms with E-state index in [1.807, 2.05) is 33.2 Å². The molecular formula is C22H24F3N7O2. The minimum Gasteiger partial charge on any atom is -0.377 e. The van der Waals surface area contributed by atoms with Gasteiger partial charge in [0.15, 0.2) is 5.82 Å². The lowest BCUT2D eigenvalue weighted by atomic mass is 10.00. The van der Waals surface area contributed by atoms with Crippen LogP contribution in [0.25, 0.3) is 0 Å². The zero-order chi connectivity index (χ0) is 24.8. The van der Waals surface area contributed by atoms with Crippen molar-refractivity contribution in [3.05, 3.63) is 68.1 Å². The normalized spacial score (nSPS) is 13.7. The summed E-state index contributed by atoms with van der Waals surface area (Å²) in [6.45, 7) is 3.54. The lowest BCUT2D eigenvalue weighted by Crippen LogP contribution is -2.39. The zero-order valence-electron chi connectivity index (χ0n) is 19.2. The van der Waals surface area contributed by atoms with Gasteiger partial charge in [0.05, 0.1) is 17.8 Å². The van der Waals surface area contributed by atoms with Gasteiger partial charge in [0.1, 0.15) is 0 Å². The molecule has 1 aliphatic rings. The monoisotopic (exact) mass is 475 g/mol. The molecule has 34 heavy (non-hydrogen) atoms. The van der Waals surface area contributed by atoms with Crippen LogP contribution in [0, 0.1) is 13.8 Å². The van der Waals surface area contributed by atoms with Crippen LogP contribution in [0.5, 0.6) is 0 Å². The third kappa shape index (κ3) is 4.27. The average molecular weight is 475 g/mol. The Labute approximate surface area is 193 Å². The third-order valence-electron chi connectivity index (χ3n) is 6.07. The average Bonchev–Trinajstić information content (AvgIpc) is 3.22. The number of alkyl halides is 3. The molecule has 1 aromatic carbocycles. The SMILES string of the molecule is Cc1c(Cc2ccc(N(C)C)c(C(=O)N3CCn4c(nnc4C(F)(F)F)C3)c2)n[nH]c(=O)c1C. The molecule has 180 valence electrons. The lowest BCUT2D eigenvalue weighted by Gasteiger charge is -2.29. The first-order chi connectivity index (χ1) is 16.0. The van der Waals surface area contributed by atoms with Crippen LogP contribution in [-0.2, 0) is 25.7 Å². The summed E-state index contributed by atoms with van der Waals surface area (Å²) in [6, 6.07) is 5.47. The molecule has 1 amide bonds. The zero-order valence-corrected chi connectivity index (χ0v) is 19.2. The molecule has 4 rings (SSSR count). The standard InChI is InChI=1S/C22H24F3N7O2/c1-12-13(2)19(33)28-26-16(12)10-14-5-6-17(30(3)4)15(9-14)20(34)31-7-8-32-18(11-31)27-29-21(32)22(23,24)25/h5-6,9H,7-8,10-11H2,1-4H3,(H,28,33). The van der Waals surface area contributed by atoms with Gasteiger partial charge in [-0.15, -0.1) is 10.2 Å². The van der Waals surface area contributed by atoms with Crippen molar-refractivity contribution in [3.63, 3.8) is 0 Å². The Morgan fingerprint density at radius 1 is 1.15 bits per heavy atom. The van der Waals surface area contributed by atoms with Crippen molar-refractivity contribution in [3.8, 4) is 0 Å². The molecule has 1 aliphatic heterocycles. The second-order valence-electron chi connectivity index (χ2n) is 8.49. The van der Waals surface area contributed by atoms with E-state index in [0.29, 0.717) is 28.9 Å². The second-order valence-corrected chi connectivity index (χ2v) is 8.49. The largest absolute Gasteiger partial charge is 0.451 e. The summed E-state index contributed by atoms with van der Waals surface area (Å²) in [5.41, 5.74) is 3.73. The molecule has 0 fully saturated rings. The van der Waals surface area contributed by atoms with Crippen molar-refractivity contribution in [1.29, 1.82) is 0 Å². The highest BCUT2D eigenvalue weighted by atomic mass is 19.4. The van der Waals surface area contributed by atoms with Gasteiger partial charge in [-0.05, 0) is 37.1 Å². The molecule has 0 radical (unpaired) electrons. The highest BCUT2D eigenvalue weighted by Crippen LogP contribution is 2.30. The Morgan fingerprint density at radius 3 is 2.56 bits per heavy atom. The van der Waals surface area contributed by atoms with Gasteiger partial charge in [-0.2, -0.15) is 18.3 Å². The molecule has 12 heteroatoms. The topological polar surface area (TPSA) is 100 Å². The first-order valence-electron chi connectivity index (χ1n) is 10.6. The molecule has 0 spiro atoms. The van der Waals surface area contributed by atoms with Crippen LogP contribution in [0.2, 0.25) is 0 Å². The molecule has 0 saturated carbocycles. The van der Waals surface area contributed by atoms with Crippen LogP contribution in [0.4, 0.5) is 18.9 Å². The summed E-state index contributed by atoms with van der Waals surface area (Å²) in [5.74, 6) is -1.27. The Morgan fingerprint density at radius 2 is 1.88 bits per heavy atom. The van der Waals surface area contributed by atoms with Crippen molar-refractivity contribution in [2.45, 2.75) is 39.5 Å². The maximum atomic E-state index is 13.5. The van der Waals surface area contributed by atoms with Crippen LogP contribution in [0.1, 0.15) is 44.4 Å². The molecule has 0 aliphatic carbocycles. The number of aromatic nitrogens is 5. The van der Waals surface area contributed by atoms with E-state index in [0.717, 1.165) is 15.7 Å². The Hall–Kier alpha value is -3.70. The number of hydrogen-bond donors (Lipinski definition) is 1. The number of anilines is 1. The predicted octanol–water partition coefficient (Wildman–Crippen LogP) is 2.31. The summed E-state index contributed by atoms with van der Waals surface area (Å²) >= 11 is 0. The lowest BCUT2D eigenvalue weighted by molar-refractivity contribution is -0.147. The number of fused-ring (bicyclic) bond motifs is 1. The molecule has 0 bridgehead atoms. The molecule has 3 aromatic rings. The van der Waals surface area contributed by atoms with Gasteiger partial charge < -0.3 is 14.4 Å². The molecule has 0 atom stereocenters. The van der Waals surface area contributed by atoms with Crippen LogP contribution >= 0.6 is 0 Å². The van der Waals surface area contributed by atoms with E-state index < -0.39 is 12.0 Å². The molecule has 3 heterocycles. The second kappa shape index (κ2) is 8.58. The van der Waals surface area contributed by atoms with Gasteiger partial charge in [-0.3, -0.25) is 9.59 Å². The van der Waals surface area contributed by atoms with Crippen LogP contribution in [-0.4, -0.2) is 56.4 Å². The van der Waals surface area contributed by atoms with Crippen LogP contribution in [0.3, 0.4) is 0 Å². The number of halogens is 3. The summed E-state index contributed by atoms with van der Waals surface area (Å²) in [6.07, 6.45) is -4.20. The summed E-state index contributed by atoms with van der Waals surface area (Å²) in [4.78, 5) is 28.5. The maximum absolute atomic E-state index is 13.5. The Balaban J connectivity index is 1.64. The molecule has 0 unspecified atom stereocenters. The molecular weight excluding hydrogens is 451 g/mol. The number of carbonyl (C=O) groups excluding carboxylic acids is 1. The third-order valence-corrected chi connectivity index (χ3v) is 6.07. The van der Waals surface area contributed by atoms with E-state index in [-0.39, 0.29) is 36.9 Å².